The number of hydrogen-bond acceptors (Lipinski definition) is 4. The van der Waals surface area contributed by atoms with E-state index in [1.54, 1.807) is 6.07 Å². The lowest BCUT2D eigenvalue weighted by molar-refractivity contribution is 0.0769. The maximum atomic E-state index is 13.2. The zero-order chi connectivity index (χ0) is 19.4. The molecule has 1 saturated carbocycles. The van der Waals surface area contributed by atoms with E-state index < -0.39 is 5.91 Å². The van der Waals surface area contributed by atoms with E-state index in [4.69, 9.17) is 10.5 Å². The van der Waals surface area contributed by atoms with Crippen LogP contribution in [0, 0.1) is 11.8 Å². The number of primary amides is 1. The number of carbonyl (C=O) groups excluding carboxylic acids is 2. The Labute approximate surface area is 163 Å². The summed E-state index contributed by atoms with van der Waals surface area (Å²) in [5.74, 6) is 0.932. The van der Waals surface area contributed by atoms with E-state index in [9.17, 15) is 9.59 Å². The zero-order valence-electron chi connectivity index (χ0n) is 15.7. The molecule has 2 aromatic rings. The highest BCUT2D eigenvalue weighted by Gasteiger charge is 2.56. The molecular weight excluding hydrogens is 354 g/mol. The van der Waals surface area contributed by atoms with Crippen molar-refractivity contribution in [1.29, 1.82) is 0 Å². The molecule has 6 nitrogen and oxygen atoms in total. The number of nitrogens with two attached hydrogens (primary N) is 1. The Morgan fingerprint density at radius 3 is 2.54 bits per heavy atom. The third-order valence-corrected chi connectivity index (χ3v) is 6.42. The lowest BCUT2D eigenvalue weighted by atomic mass is 9.90. The van der Waals surface area contributed by atoms with Gasteiger partial charge in [-0.2, -0.15) is 0 Å². The number of hydrogen-bond donors (Lipinski definition) is 2. The predicted molar refractivity (Wildman–Crippen MR) is 104 cm³/mol. The second-order valence-corrected chi connectivity index (χ2v) is 7.97. The van der Waals surface area contributed by atoms with E-state index in [1.807, 2.05) is 48.3 Å². The van der Waals surface area contributed by atoms with Gasteiger partial charge in [0.25, 0.3) is 11.8 Å². The molecule has 2 aromatic carbocycles. The highest BCUT2D eigenvalue weighted by Crippen LogP contribution is 2.46. The molecule has 2 heterocycles. The molecule has 2 amide bonds. The molecule has 0 radical (unpaired) electrons. The molecule has 5 rings (SSSR count). The van der Waals surface area contributed by atoms with Gasteiger partial charge in [-0.3, -0.25) is 9.59 Å². The number of fused-ring (bicyclic) bond motifs is 2. The van der Waals surface area contributed by atoms with Crippen LogP contribution in [-0.4, -0.2) is 49.5 Å². The van der Waals surface area contributed by atoms with Crippen LogP contribution < -0.4 is 15.8 Å². The van der Waals surface area contributed by atoms with Gasteiger partial charge in [0.05, 0.1) is 12.2 Å². The molecule has 2 fully saturated rings. The number of amides is 2. The van der Waals surface area contributed by atoms with Crippen molar-refractivity contribution >= 4 is 11.8 Å². The lowest BCUT2D eigenvalue weighted by Crippen LogP contribution is -2.35. The Balaban J connectivity index is 1.52. The maximum Gasteiger partial charge on any atom is 0.253 e. The van der Waals surface area contributed by atoms with Crippen molar-refractivity contribution in [2.45, 2.75) is 12.0 Å². The normalized spacial score (nSPS) is 26.9. The van der Waals surface area contributed by atoms with Crippen molar-refractivity contribution in [1.82, 2.24) is 10.2 Å². The van der Waals surface area contributed by atoms with Gasteiger partial charge in [-0.05, 0) is 29.5 Å². The Morgan fingerprint density at radius 2 is 1.86 bits per heavy atom. The Morgan fingerprint density at radius 1 is 1.14 bits per heavy atom. The first-order valence-electron chi connectivity index (χ1n) is 9.69. The van der Waals surface area contributed by atoms with E-state index in [0.29, 0.717) is 29.8 Å². The van der Waals surface area contributed by atoms with E-state index >= 15 is 0 Å². The van der Waals surface area contributed by atoms with E-state index in [2.05, 4.69) is 5.32 Å². The van der Waals surface area contributed by atoms with Gasteiger partial charge in [0.1, 0.15) is 5.75 Å². The summed E-state index contributed by atoms with van der Waals surface area (Å²) in [6, 6.07) is 13.7. The Hall–Kier alpha value is -2.86. The fourth-order valence-electron chi connectivity index (χ4n) is 4.89. The summed E-state index contributed by atoms with van der Waals surface area (Å²) in [4.78, 5) is 27.1. The minimum atomic E-state index is -0.574. The van der Waals surface area contributed by atoms with E-state index in [0.717, 1.165) is 24.2 Å². The second-order valence-electron chi connectivity index (χ2n) is 7.97. The monoisotopic (exact) mass is 377 g/mol. The van der Waals surface area contributed by atoms with Crippen LogP contribution in [0.4, 0.5) is 0 Å². The first kappa shape index (κ1) is 17.3. The van der Waals surface area contributed by atoms with Crippen LogP contribution >= 0.6 is 0 Å². The summed E-state index contributed by atoms with van der Waals surface area (Å²) >= 11 is 0. The van der Waals surface area contributed by atoms with Crippen molar-refractivity contribution in [2.75, 3.05) is 26.7 Å². The molecular formula is C22H23N3O3. The van der Waals surface area contributed by atoms with Crippen LogP contribution in [0.25, 0.3) is 0 Å². The van der Waals surface area contributed by atoms with Gasteiger partial charge < -0.3 is 20.7 Å². The van der Waals surface area contributed by atoms with Crippen LogP contribution in [0.15, 0.2) is 42.5 Å². The molecule has 0 aromatic heterocycles. The summed E-state index contributed by atoms with van der Waals surface area (Å²) < 4.78 is 5.84. The van der Waals surface area contributed by atoms with Gasteiger partial charge in [-0.25, -0.2) is 0 Å². The largest absolute Gasteiger partial charge is 0.491 e. The first-order valence-corrected chi connectivity index (χ1v) is 9.69. The fraction of sp³-hybridized carbons (Fsp3) is 0.364. The topological polar surface area (TPSA) is 84.7 Å². The Kier molecular flexibility index (Phi) is 3.91. The number of ether oxygens (including phenoxy) is 1. The molecule has 3 N–H and O–H groups in total. The van der Waals surface area contributed by atoms with Crippen LogP contribution in [0.1, 0.15) is 37.8 Å². The van der Waals surface area contributed by atoms with Crippen molar-refractivity contribution in [3.63, 3.8) is 0 Å². The molecule has 2 unspecified atom stereocenters. The van der Waals surface area contributed by atoms with Crippen LogP contribution in [-0.2, 0) is 0 Å². The smallest absolute Gasteiger partial charge is 0.253 e. The number of benzene rings is 2. The summed E-state index contributed by atoms with van der Waals surface area (Å²) in [6.45, 7) is 2.37. The molecule has 6 heteroatoms. The molecule has 0 spiro atoms. The van der Waals surface area contributed by atoms with Crippen LogP contribution in [0.2, 0.25) is 0 Å². The van der Waals surface area contributed by atoms with Gasteiger partial charge in [0, 0.05) is 43.2 Å². The average Bonchev–Trinajstić information content (AvgIpc) is 3.05. The van der Waals surface area contributed by atoms with Crippen molar-refractivity contribution in [2.24, 2.45) is 17.6 Å². The summed E-state index contributed by atoms with van der Waals surface area (Å²) in [6.07, 6.45) is 0. The number of piperidine rings is 1. The summed E-state index contributed by atoms with van der Waals surface area (Å²) in [5, 5.41) is 3.35. The molecule has 1 aliphatic carbocycles. The minimum absolute atomic E-state index is 0.0168. The molecule has 28 heavy (non-hydrogen) atoms. The molecule has 1 saturated heterocycles. The highest BCUT2D eigenvalue weighted by atomic mass is 16.5. The average molecular weight is 377 g/mol. The quantitative estimate of drug-likeness (QED) is 0.848. The zero-order valence-corrected chi connectivity index (χ0v) is 15.7. The van der Waals surface area contributed by atoms with Gasteiger partial charge in [-0.1, -0.05) is 30.3 Å². The molecule has 0 bridgehead atoms. The first-order chi connectivity index (χ1) is 13.6. The minimum Gasteiger partial charge on any atom is -0.491 e. The van der Waals surface area contributed by atoms with Crippen molar-refractivity contribution < 1.29 is 14.3 Å². The number of nitrogens with zero attached hydrogens (tertiary/aromatic N) is 1. The number of nitrogens with one attached hydrogen (secondary N) is 1. The van der Waals surface area contributed by atoms with Crippen LogP contribution in [0.3, 0.4) is 0 Å². The molecule has 144 valence electrons. The third-order valence-electron chi connectivity index (χ3n) is 6.42. The van der Waals surface area contributed by atoms with Gasteiger partial charge in [-0.15, -0.1) is 0 Å². The second kappa shape index (κ2) is 6.34. The third kappa shape index (κ3) is 2.59. The standard InChI is InChI=1S/C22H23N3O3/c1-25(19-16-9-24-10-17(16)19)22(27)13-7-14-18(12-5-3-2-4-6-12)11-28-20(14)15(8-13)21(23)26/h2-8,16-19,24H,9-11H2,1H3,(H2,23,26)/t16-,17+,18?,19?. The van der Waals surface area contributed by atoms with Gasteiger partial charge in [0.15, 0.2) is 0 Å². The van der Waals surface area contributed by atoms with Crippen molar-refractivity contribution in [3.05, 3.63) is 64.7 Å². The predicted octanol–water partition coefficient (Wildman–Crippen LogP) is 1.60. The Bertz CT molecular complexity index is 949. The van der Waals surface area contributed by atoms with E-state index in [1.165, 1.54) is 0 Å². The molecule has 3 aliphatic rings. The maximum absolute atomic E-state index is 13.2. The van der Waals surface area contributed by atoms with Crippen LogP contribution in [0.5, 0.6) is 5.75 Å². The summed E-state index contributed by atoms with van der Waals surface area (Å²) in [5.41, 5.74) is 8.35. The van der Waals surface area contributed by atoms with E-state index in [-0.39, 0.29) is 23.4 Å². The number of carbonyl (C=O) groups is 2. The summed E-state index contributed by atoms with van der Waals surface area (Å²) in [7, 11) is 1.85. The number of rotatable bonds is 4. The van der Waals surface area contributed by atoms with Gasteiger partial charge in [0.2, 0.25) is 0 Å². The molecule has 4 atom stereocenters. The van der Waals surface area contributed by atoms with Gasteiger partial charge >= 0.3 is 0 Å². The lowest BCUT2D eigenvalue weighted by Gasteiger charge is -2.21. The highest BCUT2D eigenvalue weighted by molar-refractivity contribution is 6.02. The SMILES string of the molecule is CN(C(=O)c1cc(C(N)=O)c2c(c1)C(c1ccccc1)CO2)C1[C@H]2CNC[C@@H]12. The molecule has 2 aliphatic heterocycles. The fourth-order valence-corrected chi connectivity index (χ4v) is 4.89. The van der Waals surface area contributed by atoms with Crippen molar-refractivity contribution in [3.8, 4) is 5.75 Å².